The Hall–Kier alpha value is -2.74. The molecule has 2 heterocycles. The number of halogens is 1. The van der Waals surface area contributed by atoms with Crippen LogP contribution in [0.1, 0.15) is 6.92 Å². The Morgan fingerprint density at radius 2 is 2.05 bits per heavy atom. The number of aryl methyl sites for hydroxylation is 1. The zero-order chi connectivity index (χ0) is 15.7. The van der Waals surface area contributed by atoms with E-state index >= 15 is 0 Å². The summed E-state index contributed by atoms with van der Waals surface area (Å²) in [6.45, 7) is 2.68. The van der Waals surface area contributed by atoms with Crippen molar-refractivity contribution in [3.8, 4) is 0 Å². The smallest absolute Gasteiger partial charge is 0.269 e. The second-order valence-corrected chi connectivity index (χ2v) is 4.81. The Morgan fingerprint density at radius 1 is 1.32 bits per heavy atom. The van der Waals surface area contributed by atoms with Crippen LogP contribution in [-0.4, -0.2) is 24.4 Å². The van der Waals surface area contributed by atoms with E-state index in [0.29, 0.717) is 29.2 Å². The number of non-ortho nitro benzene ring substituents is 1. The highest BCUT2D eigenvalue weighted by Crippen LogP contribution is 2.25. The molecule has 0 fully saturated rings. The number of nitrogens with zero attached hydrogens (tertiary/aromatic N) is 5. The van der Waals surface area contributed by atoms with E-state index in [2.05, 4.69) is 20.3 Å². The lowest BCUT2D eigenvalue weighted by atomic mass is 10.3. The lowest BCUT2D eigenvalue weighted by molar-refractivity contribution is -0.384. The summed E-state index contributed by atoms with van der Waals surface area (Å²) in [7, 11) is 0. The van der Waals surface area contributed by atoms with Crippen molar-refractivity contribution in [2.75, 3.05) is 5.32 Å². The SMILES string of the molecule is CCn1cnc2c(Nc3ccc([N+](=O)[O-])cc3)nc(Cl)nc21. The van der Waals surface area contributed by atoms with Crippen molar-refractivity contribution in [2.45, 2.75) is 13.5 Å². The van der Waals surface area contributed by atoms with Crippen LogP contribution in [0, 0.1) is 10.1 Å². The minimum Gasteiger partial charge on any atom is -0.338 e. The van der Waals surface area contributed by atoms with Crippen molar-refractivity contribution in [3.05, 3.63) is 46.0 Å². The standard InChI is InChI=1S/C13H11ClN6O2/c1-2-19-7-15-10-11(17-13(14)18-12(10)19)16-8-3-5-9(6-4-8)20(21)22/h3-7H,2H2,1H3,(H,16,17,18). The van der Waals surface area contributed by atoms with Gasteiger partial charge in [0.25, 0.3) is 5.69 Å². The quantitative estimate of drug-likeness (QED) is 0.450. The van der Waals surface area contributed by atoms with E-state index in [1.807, 2.05) is 11.5 Å². The Morgan fingerprint density at radius 3 is 2.68 bits per heavy atom. The van der Waals surface area contributed by atoms with Gasteiger partial charge in [0.1, 0.15) is 0 Å². The number of rotatable bonds is 4. The van der Waals surface area contributed by atoms with Crippen molar-refractivity contribution < 1.29 is 4.92 Å². The van der Waals surface area contributed by atoms with Gasteiger partial charge in [-0.25, -0.2) is 4.98 Å². The van der Waals surface area contributed by atoms with Crippen molar-refractivity contribution in [1.29, 1.82) is 0 Å². The molecule has 0 bridgehead atoms. The van der Waals surface area contributed by atoms with Gasteiger partial charge in [-0.15, -0.1) is 0 Å². The Balaban J connectivity index is 1.99. The first-order valence-corrected chi connectivity index (χ1v) is 6.86. The molecule has 8 nitrogen and oxygen atoms in total. The van der Waals surface area contributed by atoms with Crippen LogP contribution < -0.4 is 5.32 Å². The Bertz CT molecular complexity index is 846. The van der Waals surface area contributed by atoms with Gasteiger partial charge in [0.15, 0.2) is 17.0 Å². The molecule has 0 spiro atoms. The lowest BCUT2D eigenvalue weighted by Crippen LogP contribution is -1.99. The highest BCUT2D eigenvalue weighted by atomic mass is 35.5. The fourth-order valence-electron chi connectivity index (χ4n) is 2.04. The molecule has 0 radical (unpaired) electrons. The molecule has 0 aliphatic carbocycles. The maximum atomic E-state index is 10.7. The van der Waals surface area contributed by atoms with Gasteiger partial charge in [-0.05, 0) is 30.7 Å². The summed E-state index contributed by atoms with van der Waals surface area (Å²) in [6, 6.07) is 6.01. The monoisotopic (exact) mass is 318 g/mol. The molecule has 2 aromatic heterocycles. The van der Waals surface area contributed by atoms with Crippen LogP contribution in [0.2, 0.25) is 5.28 Å². The van der Waals surface area contributed by atoms with E-state index < -0.39 is 4.92 Å². The van der Waals surface area contributed by atoms with E-state index in [9.17, 15) is 10.1 Å². The van der Waals surface area contributed by atoms with Gasteiger partial charge in [-0.2, -0.15) is 9.97 Å². The number of nitro benzene ring substituents is 1. The minimum atomic E-state index is -0.452. The van der Waals surface area contributed by atoms with Crippen molar-refractivity contribution in [1.82, 2.24) is 19.5 Å². The normalized spacial score (nSPS) is 10.8. The molecule has 0 saturated carbocycles. The molecule has 3 aromatic rings. The van der Waals surface area contributed by atoms with Gasteiger partial charge in [-0.1, -0.05) is 0 Å². The average molecular weight is 319 g/mol. The topological polar surface area (TPSA) is 98.8 Å². The van der Waals surface area contributed by atoms with Crippen LogP contribution in [-0.2, 0) is 6.54 Å². The number of fused-ring (bicyclic) bond motifs is 1. The highest BCUT2D eigenvalue weighted by molar-refractivity contribution is 6.28. The predicted molar refractivity (Wildman–Crippen MR) is 82.4 cm³/mol. The number of nitro groups is 1. The van der Waals surface area contributed by atoms with Gasteiger partial charge in [-0.3, -0.25) is 10.1 Å². The van der Waals surface area contributed by atoms with Gasteiger partial charge in [0.2, 0.25) is 5.28 Å². The summed E-state index contributed by atoms with van der Waals surface area (Å²) >= 11 is 5.95. The maximum Gasteiger partial charge on any atom is 0.269 e. The summed E-state index contributed by atoms with van der Waals surface area (Å²) in [4.78, 5) is 22.8. The van der Waals surface area contributed by atoms with Crippen LogP contribution in [0.3, 0.4) is 0 Å². The number of benzene rings is 1. The van der Waals surface area contributed by atoms with Gasteiger partial charge in [0, 0.05) is 24.4 Å². The third-order valence-electron chi connectivity index (χ3n) is 3.12. The molecule has 1 N–H and O–H groups in total. The summed E-state index contributed by atoms with van der Waals surface area (Å²) in [6.07, 6.45) is 1.66. The molecule has 0 aliphatic rings. The van der Waals surface area contributed by atoms with E-state index in [0.717, 1.165) is 0 Å². The summed E-state index contributed by atoms with van der Waals surface area (Å²) < 4.78 is 1.85. The second-order valence-electron chi connectivity index (χ2n) is 4.47. The first kappa shape index (κ1) is 14.2. The molecular formula is C13H11ClN6O2. The molecular weight excluding hydrogens is 308 g/mol. The third-order valence-corrected chi connectivity index (χ3v) is 3.29. The van der Waals surface area contributed by atoms with E-state index in [4.69, 9.17) is 11.6 Å². The Kier molecular flexibility index (Phi) is 3.60. The van der Waals surface area contributed by atoms with Crippen LogP contribution in [0.25, 0.3) is 11.2 Å². The predicted octanol–water partition coefficient (Wildman–Crippen LogP) is 3.15. The number of imidazole rings is 1. The zero-order valence-corrected chi connectivity index (χ0v) is 12.3. The summed E-state index contributed by atoms with van der Waals surface area (Å²) in [5, 5.41) is 13.8. The molecule has 1 aromatic carbocycles. The molecule has 0 aliphatic heterocycles. The van der Waals surface area contributed by atoms with Crippen LogP contribution in [0.4, 0.5) is 17.2 Å². The van der Waals surface area contributed by atoms with E-state index in [-0.39, 0.29) is 11.0 Å². The number of aromatic nitrogens is 4. The molecule has 22 heavy (non-hydrogen) atoms. The number of anilines is 2. The van der Waals surface area contributed by atoms with Gasteiger partial charge >= 0.3 is 0 Å². The third kappa shape index (κ3) is 2.56. The zero-order valence-electron chi connectivity index (χ0n) is 11.5. The van der Waals surface area contributed by atoms with Crippen LogP contribution in [0.5, 0.6) is 0 Å². The van der Waals surface area contributed by atoms with Gasteiger partial charge < -0.3 is 9.88 Å². The van der Waals surface area contributed by atoms with Gasteiger partial charge in [0.05, 0.1) is 11.3 Å². The summed E-state index contributed by atoms with van der Waals surface area (Å²) in [5.41, 5.74) is 1.89. The Labute approximate surface area is 129 Å². The van der Waals surface area contributed by atoms with Crippen molar-refractivity contribution in [3.63, 3.8) is 0 Å². The molecule has 9 heteroatoms. The number of hydrogen-bond donors (Lipinski definition) is 1. The molecule has 3 rings (SSSR count). The molecule has 0 atom stereocenters. The number of hydrogen-bond acceptors (Lipinski definition) is 6. The maximum absolute atomic E-state index is 10.7. The van der Waals surface area contributed by atoms with E-state index in [1.165, 1.54) is 12.1 Å². The fraction of sp³-hybridized carbons (Fsp3) is 0.154. The van der Waals surface area contributed by atoms with Crippen LogP contribution in [0.15, 0.2) is 30.6 Å². The molecule has 112 valence electrons. The molecule has 0 unspecified atom stereocenters. The first-order chi connectivity index (χ1) is 10.6. The van der Waals surface area contributed by atoms with Crippen molar-refractivity contribution >= 4 is 40.0 Å². The van der Waals surface area contributed by atoms with Crippen molar-refractivity contribution in [2.24, 2.45) is 0 Å². The minimum absolute atomic E-state index is 0.0201. The van der Waals surface area contributed by atoms with E-state index in [1.54, 1.807) is 18.5 Å². The largest absolute Gasteiger partial charge is 0.338 e. The molecule has 0 saturated heterocycles. The highest BCUT2D eigenvalue weighted by Gasteiger charge is 2.13. The first-order valence-electron chi connectivity index (χ1n) is 6.48. The fourth-order valence-corrected chi connectivity index (χ4v) is 2.20. The lowest BCUT2D eigenvalue weighted by Gasteiger charge is -2.07. The van der Waals surface area contributed by atoms with Crippen LogP contribution >= 0.6 is 11.6 Å². The average Bonchev–Trinajstić information content (AvgIpc) is 2.90. The second kappa shape index (κ2) is 5.57. The number of nitrogens with one attached hydrogen (secondary N) is 1. The summed E-state index contributed by atoms with van der Waals surface area (Å²) in [5.74, 6) is 0.455. The molecule has 0 amide bonds.